The SMILES string of the molecule is O=C(Cl)CCCN1CCOCC1. The van der Waals surface area contributed by atoms with Crippen molar-refractivity contribution in [2.45, 2.75) is 12.8 Å². The maximum Gasteiger partial charge on any atom is 0.221 e. The van der Waals surface area contributed by atoms with Crippen molar-refractivity contribution in [1.29, 1.82) is 0 Å². The molecule has 0 spiro atoms. The standard InChI is InChI=1S/C8H14ClNO2/c9-8(11)2-1-3-10-4-6-12-7-5-10/h1-7H2. The molecule has 0 amide bonds. The summed E-state index contributed by atoms with van der Waals surface area (Å²) in [7, 11) is 0. The van der Waals surface area contributed by atoms with Crippen LogP contribution >= 0.6 is 11.6 Å². The predicted molar refractivity (Wildman–Crippen MR) is 47.4 cm³/mol. The van der Waals surface area contributed by atoms with Crippen molar-refractivity contribution in [2.24, 2.45) is 0 Å². The van der Waals surface area contributed by atoms with Gasteiger partial charge in [-0.2, -0.15) is 0 Å². The van der Waals surface area contributed by atoms with Crippen LogP contribution in [0.1, 0.15) is 12.8 Å². The Morgan fingerprint density at radius 2 is 2.08 bits per heavy atom. The Morgan fingerprint density at radius 3 is 2.67 bits per heavy atom. The summed E-state index contributed by atoms with van der Waals surface area (Å²) in [5.74, 6) is 0. The minimum atomic E-state index is -0.233. The fraction of sp³-hybridized carbons (Fsp3) is 0.875. The average Bonchev–Trinajstić information content (AvgIpc) is 2.05. The topological polar surface area (TPSA) is 29.5 Å². The molecule has 0 bridgehead atoms. The van der Waals surface area contributed by atoms with Gasteiger partial charge in [0.15, 0.2) is 0 Å². The van der Waals surface area contributed by atoms with Crippen molar-refractivity contribution in [1.82, 2.24) is 4.90 Å². The van der Waals surface area contributed by atoms with Gasteiger partial charge in [-0.3, -0.25) is 9.69 Å². The van der Waals surface area contributed by atoms with E-state index in [2.05, 4.69) is 4.90 Å². The normalized spacial score (nSPS) is 19.4. The number of morpholine rings is 1. The van der Waals surface area contributed by atoms with Crippen LogP contribution in [0.5, 0.6) is 0 Å². The molecule has 0 radical (unpaired) electrons. The molecule has 0 aromatic carbocycles. The van der Waals surface area contributed by atoms with Gasteiger partial charge in [0.25, 0.3) is 0 Å². The lowest BCUT2D eigenvalue weighted by Gasteiger charge is -2.26. The molecule has 1 rings (SSSR count). The van der Waals surface area contributed by atoms with E-state index in [-0.39, 0.29) is 5.24 Å². The Hall–Kier alpha value is -0.120. The fourth-order valence-corrected chi connectivity index (χ4v) is 1.40. The van der Waals surface area contributed by atoms with E-state index in [9.17, 15) is 4.79 Å². The molecule has 3 nitrogen and oxygen atoms in total. The Morgan fingerprint density at radius 1 is 1.42 bits per heavy atom. The minimum Gasteiger partial charge on any atom is -0.379 e. The highest BCUT2D eigenvalue weighted by atomic mass is 35.5. The van der Waals surface area contributed by atoms with E-state index >= 15 is 0 Å². The van der Waals surface area contributed by atoms with Crippen LogP contribution in [0.3, 0.4) is 0 Å². The van der Waals surface area contributed by atoms with Gasteiger partial charge in [0.1, 0.15) is 0 Å². The lowest BCUT2D eigenvalue weighted by atomic mass is 10.3. The van der Waals surface area contributed by atoms with Gasteiger partial charge in [0.2, 0.25) is 5.24 Å². The van der Waals surface area contributed by atoms with Gasteiger partial charge in [-0.05, 0) is 24.6 Å². The van der Waals surface area contributed by atoms with Crippen molar-refractivity contribution in [3.8, 4) is 0 Å². The molecule has 1 aliphatic rings. The third kappa shape index (κ3) is 4.04. The molecule has 0 aromatic rings. The Bertz CT molecular complexity index is 146. The highest BCUT2D eigenvalue weighted by Crippen LogP contribution is 2.01. The lowest BCUT2D eigenvalue weighted by Crippen LogP contribution is -2.36. The first-order valence-corrected chi connectivity index (χ1v) is 4.65. The number of carbonyl (C=O) groups excluding carboxylic acids is 1. The van der Waals surface area contributed by atoms with Gasteiger partial charge in [-0.25, -0.2) is 0 Å². The highest BCUT2D eigenvalue weighted by Gasteiger charge is 2.09. The number of hydrogen-bond acceptors (Lipinski definition) is 3. The zero-order valence-corrected chi connectivity index (χ0v) is 7.85. The second kappa shape index (κ2) is 5.51. The third-order valence-electron chi connectivity index (χ3n) is 1.95. The smallest absolute Gasteiger partial charge is 0.221 e. The van der Waals surface area contributed by atoms with Crippen molar-refractivity contribution in [3.05, 3.63) is 0 Å². The van der Waals surface area contributed by atoms with E-state index < -0.39 is 0 Å². The largest absolute Gasteiger partial charge is 0.379 e. The number of rotatable bonds is 4. The number of hydrogen-bond donors (Lipinski definition) is 0. The van der Waals surface area contributed by atoms with Crippen LogP contribution in [0.4, 0.5) is 0 Å². The van der Waals surface area contributed by atoms with Crippen LogP contribution < -0.4 is 0 Å². The van der Waals surface area contributed by atoms with Crippen LogP contribution in [0.25, 0.3) is 0 Å². The predicted octanol–water partition coefficient (Wildman–Crippen LogP) is 0.864. The maximum absolute atomic E-state index is 10.4. The molecule has 0 aromatic heterocycles. The summed E-state index contributed by atoms with van der Waals surface area (Å²) in [5, 5.41) is -0.233. The van der Waals surface area contributed by atoms with Crippen LogP contribution in [-0.2, 0) is 9.53 Å². The van der Waals surface area contributed by atoms with E-state index in [0.29, 0.717) is 6.42 Å². The summed E-state index contributed by atoms with van der Waals surface area (Å²) in [5.41, 5.74) is 0. The maximum atomic E-state index is 10.4. The van der Waals surface area contributed by atoms with E-state index in [1.54, 1.807) is 0 Å². The van der Waals surface area contributed by atoms with Crippen LogP contribution in [0, 0.1) is 0 Å². The van der Waals surface area contributed by atoms with Gasteiger partial charge in [-0.1, -0.05) is 0 Å². The average molecular weight is 192 g/mol. The molecule has 0 saturated carbocycles. The fourth-order valence-electron chi connectivity index (χ4n) is 1.27. The summed E-state index contributed by atoms with van der Waals surface area (Å²) in [6.07, 6.45) is 1.35. The molecule has 0 aliphatic carbocycles. The number of nitrogens with zero attached hydrogens (tertiary/aromatic N) is 1. The molecule has 0 unspecified atom stereocenters. The minimum absolute atomic E-state index is 0.233. The summed E-state index contributed by atoms with van der Waals surface area (Å²) in [4.78, 5) is 12.7. The van der Waals surface area contributed by atoms with Gasteiger partial charge >= 0.3 is 0 Å². The van der Waals surface area contributed by atoms with Gasteiger partial charge < -0.3 is 4.74 Å². The number of carbonyl (C=O) groups is 1. The first-order chi connectivity index (χ1) is 5.79. The highest BCUT2D eigenvalue weighted by molar-refractivity contribution is 6.63. The van der Waals surface area contributed by atoms with Gasteiger partial charge in [0, 0.05) is 19.5 Å². The zero-order chi connectivity index (χ0) is 8.81. The first-order valence-electron chi connectivity index (χ1n) is 4.27. The molecule has 1 saturated heterocycles. The van der Waals surface area contributed by atoms with Crippen LogP contribution in [0.15, 0.2) is 0 Å². The summed E-state index contributed by atoms with van der Waals surface area (Å²) in [6, 6.07) is 0. The molecular weight excluding hydrogens is 178 g/mol. The Balaban J connectivity index is 2.01. The summed E-state index contributed by atoms with van der Waals surface area (Å²) in [6.45, 7) is 4.55. The molecule has 1 fully saturated rings. The monoisotopic (exact) mass is 191 g/mol. The van der Waals surface area contributed by atoms with E-state index in [4.69, 9.17) is 16.3 Å². The van der Waals surface area contributed by atoms with Gasteiger partial charge in [0.05, 0.1) is 13.2 Å². The quantitative estimate of drug-likeness (QED) is 0.618. The van der Waals surface area contributed by atoms with E-state index in [0.717, 1.165) is 39.3 Å². The molecule has 0 atom stereocenters. The molecule has 70 valence electrons. The molecule has 0 N–H and O–H groups in total. The van der Waals surface area contributed by atoms with Crippen molar-refractivity contribution < 1.29 is 9.53 Å². The molecular formula is C8H14ClNO2. The molecule has 4 heteroatoms. The second-order valence-corrected chi connectivity index (χ2v) is 3.33. The summed E-state index contributed by atoms with van der Waals surface area (Å²) >= 11 is 5.21. The molecule has 1 aliphatic heterocycles. The van der Waals surface area contributed by atoms with Crippen molar-refractivity contribution >= 4 is 16.8 Å². The van der Waals surface area contributed by atoms with Crippen LogP contribution in [-0.4, -0.2) is 43.0 Å². The Kier molecular flexibility index (Phi) is 4.58. The van der Waals surface area contributed by atoms with Crippen molar-refractivity contribution in [2.75, 3.05) is 32.8 Å². The first kappa shape index (κ1) is 9.96. The number of ether oxygens (including phenoxy) is 1. The van der Waals surface area contributed by atoms with Crippen molar-refractivity contribution in [3.63, 3.8) is 0 Å². The summed E-state index contributed by atoms with van der Waals surface area (Å²) < 4.78 is 5.19. The molecule has 12 heavy (non-hydrogen) atoms. The second-order valence-electron chi connectivity index (χ2n) is 2.91. The van der Waals surface area contributed by atoms with E-state index in [1.807, 2.05) is 0 Å². The lowest BCUT2D eigenvalue weighted by molar-refractivity contribution is -0.111. The van der Waals surface area contributed by atoms with E-state index in [1.165, 1.54) is 0 Å². The van der Waals surface area contributed by atoms with Crippen LogP contribution in [0.2, 0.25) is 0 Å². The third-order valence-corrected chi connectivity index (χ3v) is 2.14. The molecule has 1 heterocycles. The van der Waals surface area contributed by atoms with Gasteiger partial charge in [-0.15, -0.1) is 0 Å². The zero-order valence-electron chi connectivity index (χ0n) is 7.09. The number of halogens is 1. The Labute approximate surface area is 77.6 Å².